The topological polar surface area (TPSA) is 92.4 Å². The second kappa shape index (κ2) is 9.26. The molecule has 2 aromatic heterocycles. The van der Waals surface area contributed by atoms with Crippen LogP contribution in [0, 0.1) is 6.92 Å². The summed E-state index contributed by atoms with van der Waals surface area (Å²) in [7, 11) is 0. The van der Waals surface area contributed by atoms with E-state index in [-0.39, 0.29) is 0 Å². The fourth-order valence-corrected chi connectivity index (χ4v) is 3.93. The Morgan fingerprint density at radius 1 is 1.06 bits per heavy atom. The molecule has 5 rings (SSSR count). The summed E-state index contributed by atoms with van der Waals surface area (Å²) < 4.78 is 5.54. The molecule has 7 heteroatoms. The number of aromatic nitrogens is 3. The molecule has 4 aromatic rings. The van der Waals surface area contributed by atoms with Crippen LogP contribution in [0.4, 0.5) is 11.8 Å². The molecule has 0 amide bonds. The Hall–Kier alpha value is -3.97. The monoisotopic (exact) mass is 438 g/mol. The molecule has 1 fully saturated rings. The third-order valence-corrected chi connectivity index (χ3v) is 5.67. The van der Waals surface area contributed by atoms with Crippen LogP contribution < -0.4 is 10.6 Å². The lowest BCUT2D eigenvalue weighted by molar-refractivity contribution is 0.122. The van der Waals surface area contributed by atoms with E-state index < -0.39 is 0 Å². The summed E-state index contributed by atoms with van der Waals surface area (Å²) in [6.45, 7) is 4.98. The summed E-state index contributed by atoms with van der Waals surface area (Å²) in [6, 6.07) is 20.2. The number of fused-ring (bicyclic) bond motifs is 1. The van der Waals surface area contributed by atoms with Gasteiger partial charge in [-0.3, -0.25) is 0 Å². The van der Waals surface area contributed by atoms with Gasteiger partial charge < -0.3 is 20.4 Å². The molecule has 0 unspecified atom stereocenters. The highest BCUT2D eigenvalue weighted by molar-refractivity contribution is 5.93. The number of rotatable bonds is 5. The first kappa shape index (κ1) is 20.9. The number of anilines is 1. The van der Waals surface area contributed by atoms with E-state index in [1.165, 1.54) is 0 Å². The molecular weight excluding hydrogens is 412 g/mol. The van der Waals surface area contributed by atoms with Crippen LogP contribution in [0.1, 0.15) is 11.3 Å². The van der Waals surface area contributed by atoms with Gasteiger partial charge in [-0.25, -0.2) is 9.98 Å². The molecule has 1 aliphatic rings. The number of nitrogens with two attached hydrogens (primary N) is 1. The minimum Gasteiger partial charge on any atom is -0.398 e. The van der Waals surface area contributed by atoms with Gasteiger partial charge in [0.2, 0.25) is 0 Å². The van der Waals surface area contributed by atoms with Crippen molar-refractivity contribution >= 4 is 34.6 Å². The van der Waals surface area contributed by atoms with E-state index in [0.29, 0.717) is 24.9 Å². The van der Waals surface area contributed by atoms with Gasteiger partial charge in [0, 0.05) is 47.3 Å². The van der Waals surface area contributed by atoms with Crippen molar-refractivity contribution in [1.29, 1.82) is 0 Å². The predicted octanol–water partition coefficient (Wildman–Crippen LogP) is 4.47. The summed E-state index contributed by atoms with van der Waals surface area (Å²) in [5, 5.41) is 1.00. The number of nitrogens with zero attached hydrogens (tertiary/aromatic N) is 4. The van der Waals surface area contributed by atoms with Gasteiger partial charge in [-0.05, 0) is 42.8 Å². The van der Waals surface area contributed by atoms with Crippen LogP contribution >= 0.6 is 0 Å². The van der Waals surface area contributed by atoms with Crippen molar-refractivity contribution in [3.63, 3.8) is 0 Å². The molecule has 0 atom stereocenters. The Morgan fingerprint density at radius 3 is 2.64 bits per heavy atom. The van der Waals surface area contributed by atoms with E-state index in [2.05, 4.69) is 45.2 Å². The highest BCUT2D eigenvalue weighted by Gasteiger charge is 2.18. The Labute approximate surface area is 192 Å². The quantitative estimate of drug-likeness (QED) is 0.449. The lowest BCUT2D eigenvalue weighted by Gasteiger charge is -2.28. The zero-order chi connectivity index (χ0) is 22.6. The van der Waals surface area contributed by atoms with E-state index in [4.69, 9.17) is 20.4 Å². The van der Waals surface area contributed by atoms with E-state index in [1.54, 1.807) is 12.3 Å². The fourth-order valence-electron chi connectivity index (χ4n) is 3.93. The number of hydrogen-bond donors (Lipinski definition) is 2. The van der Waals surface area contributed by atoms with Crippen molar-refractivity contribution in [2.45, 2.75) is 6.92 Å². The number of aromatic amines is 1. The lowest BCUT2D eigenvalue weighted by Crippen LogP contribution is -2.36. The number of aliphatic imine (C=N–C) groups is 1. The minimum atomic E-state index is 0.404. The van der Waals surface area contributed by atoms with Crippen LogP contribution in [0.15, 0.2) is 71.7 Å². The van der Waals surface area contributed by atoms with Crippen LogP contribution in [-0.4, -0.2) is 47.5 Å². The Balaban J connectivity index is 1.54. The van der Waals surface area contributed by atoms with Crippen molar-refractivity contribution in [3.05, 3.63) is 78.0 Å². The first-order valence-electron chi connectivity index (χ1n) is 11.0. The minimum absolute atomic E-state index is 0.404. The second-order valence-corrected chi connectivity index (χ2v) is 8.00. The molecule has 7 nitrogen and oxygen atoms in total. The van der Waals surface area contributed by atoms with Gasteiger partial charge in [-0.2, -0.15) is 4.98 Å². The average Bonchev–Trinajstić information content (AvgIpc) is 3.30. The first-order chi connectivity index (χ1) is 16.2. The number of benzene rings is 2. The standard InChI is InChI=1S/C26H26N6O/c1-18-7-10-23(29-18)20-8-9-21-24(17-20)30-26(31-25(21)32-13-15-33-16-14-32)28-12-11-22(27)19-5-3-2-4-6-19/h2-12,17,29H,13-16,27H2,1H3/b22-11-,28-12+. The van der Waals surface area contributed by atoms with Gasteiger partial charge in [0.05, 0.1) is 18.7 Å². The van der Waals surface area contributed by atoms with E-state index in [1.807, 2.05) is 37.3 Å². The van der Waals surface area contributed by atoms with Gasteiger partial charge in [-0.15, -0.1) is 0 Å². The Morgan fingerprint density at radius 2 is 1.88 bits per heavy atom. The summed E-state index contributed by atoms with van der Waals surface area (Å²) in [5.41, 5.74) is 11.9. The first-order valence-corrected chi connectivity index (χ1v) is 11.0. The van der Waals surface area contributed by atoms with Gasteiger partial charge >= 0.3 is 0 Å². The molecule has 0 radical (unpaired) electrons. The summed E-state index contributed by atoms with van der Waals surface area (Å²) in [5.74, 6) is 1.28. The van der Waals surface area contributed by atoms with Gasteiger partial charge in [0.1, 0.15) is 5.82 Å². The van der Waals surface area contributed by atoms with Gasteiger partial charge in [0.25, 0.3) is 5.95 Å². The van der Waals surface area contributed by atoms with Crippen LogP contribution in [0.5, 0.6) is 0 Å². The maximum atomic E-state index is 6.19. The zero-order valence-electron chi connectivity index (χ0n) is 18.5. The van der Waals surface area contributed by atoms with Gasteiger partial charge in [0.15, 0.2) is 0 Å². The number of nitrogens with one attached hydrogen (secondary N) is 1. The maximum absolute atomic E-state index is 6.19. The second-order valence-electron chi connectivity index (χ2n) is 8.00. The molecule has 166 valence electrons. The normalized spacial score (nSPS) is 14.9. The third-order valence-electron chi connectivity index (χ3n) is 5.67. The van der Waals surface area contributed by atoms with Crippen LogP contribution in [0.25, 0.3) is 27.9 Å². The highest BCUT2D eigenvalue weighted by atomic mass is 16.5. The molecule has 0 aliphatic carbocycles. The molecular formula is C26H26N6O. The number of H-pyrrole nitrogens is 1. The maximum Gasteiger partial charge on any atom is 0.251 e. The smallest absolute Gasteiger partial charge is 0.251 e. The third kappa shape index (κ3) is 4.63. The Kier molecular flexibility index (Phi) is 5.87. The molecule has 0 bridgehead atoms. The number of hydrogen-bond acceptors (Lipinski definition) is 6. The summed E-state index contributed by atoms with van der Waals surface area (Å²) in [6.07, 6.45) is 3.43. The molecule has 33 heavy (non-hydrogen) atoms. The Bertz CT molecular complexity index is 1320. The SMILES string of the molecule is Cc1ccc(-c2ccc3c(N4CCOCC4)nc(/N=C/C=C(\N)c4ccccc4)nc3c2)[nH]1. The largest absolute Gasteiger partial charge is 0.398 e. The van der Waals surface area contributed by atoms with Crippen LogP contribution in [0.3, 0.4) is 0 Å². The number of allylic oxidation sites excluding steroid dienone is 1. The molecule has 1 saturated heterocycles. The van der Waals surface area contributed by atoms with Crippen LogP contribution in [0.2, 0.25) is 0 Å². The highest BCUT2D eigenvalue weighted by Crippen LogP contribution is 2.30. The van der Waals surface area contributed by atoms with Crippen molar-refractivity contribution in [2.75, 3.05) is 31.2 Å². The van der Waals surface area contributed by atoms with Crippen LogP contribution in [-0.2, 0) is 4.74 Å². The fraction of sp³-hybridized carbons (Fsp3) is 0.192. The number of morpholine rings is 1. The van der Waals surface area contributed by atoms with Gasteiger partial charge in [-0.1, -0.05) is 36.4 Å². The van der Waals surface area contributed by atoms with Crippen molar-refractivity contribution in [3.8, 4) is 11.3 Å². The molecule has 1 aliphatic heterocycles. The molecule has 3 heterocycles. The van der Waals surface area contributed by atoms with Crippen molar-refractivity contribution < 1.29 is 4.74 Å². The summed E-state index contributed by atoms with van der Waals surface area (Å²) in [4.78, 5) is 19.7. The lowest BCUT2D eigenvalue weighted by atomic mass is 10.1. The van der Waals surface area contributed by atoms with Crippen molar-refractivity contribution in [2.24, 2.45) is 10.7 Å². The number of ether oxygens (including phenoxy) is 1. The average molecular weight is 439 g/mol. The van der Waals surface area contributed by atoms with E-state index >= 15 is 0 Å². The molecule has 3 N–H and O–H groups in total. The van der Waals surface area contributed by atoms with Crippen molar-refractivity contribution in [1.82, 2.24) is 15.0 Å². The molecule has 2 aromatic carbocycles. The molecule has 0 saturated carbocycles. The number of aryl methyl sites for hydroxylation is 1. The van der Waals surface area contributed by atoms with E-state index in [9.17, 15) is 0 Å². The van der Waals surface area contributed by atoms with E-state index in [0.717, 1.165) is 52.3 Å². The predicted molar refractivity (Wildman–Crippen MR) is 134 cm³/mol. The molecule has 0 spiro atoms. The zero-order valence-corrected chi connectivity index (χ0v) is 18.5. The summed E-state index contributed by atoms with van der Waals surface area (Å²) >= 11 is 0.